The van der Waals surface area contributed by atoms with Crippen molar-refractivity contribution in [3.05, 3.63) is 42.8 Å². The molecule has 0 heterocycles. The molecule has 0 aromatic heterocycles. The maximum atomic E-state index is 10.8. The van der Waals surface area contributed by atoms with E-state index in [1.54, 1.807) is 0 Å². The highest BCUT2D eigenvalue weighted by Crippen LogP contribution is 1.96. The SMILES string of the molecule is [CH2]CC(=O)NCc1ccccc1. The average molecular weight is 162 g/mol. The van der Waals surface area contributed by atoms with E-state index < -0.39 is 0 Å². The topological polar surface area (TPSA) is 29.1 Å². The van der Waals surface area contributed by atoms with Crippen LogP contribution < -0.4 is 5.32 Å². The lowest BCUT2D eigenvalue weighted by molar-refractivity contribution is -0.120. The smallest absolute Gasteiger partial charge is 0.220 e. The van der Waals surface area contributed by atoms with Gasteiger partial charge in [-0.3, -0.25) is 4.79 Å². The zero-order valence-electron chi connectivity index (χ0n) is 6.92. The molecule has 1 aromatic carbocycles. The van der Waals surface area contributed by atoms with Gasteiger partial charge in [0, 0.05) is 13.0 Å². The molecule has 1 rings (SSSR count). The van der Waals surface area contributed by atoms with E-state index in [0.717, 1.165) is 5.56 Å². The van der Waals surface area contributed by atoms with Crippen molar-refractivity contribution in [1.82, 2.24) is 5.32 Å². The van der Waals surface area contributed by atoms with Crippen molar-refractivity contribution in [3.8, 4) is 0 Å². The Balaban J connectivity index is 2.38. The first-order valence-corrected chi connectivity index (χ1v) is 3.93. The zero-order chi connectivity index (χ0) is 8.81. The molecule has 0 saturated heterocycles. The molecule has 0 aliphatic rings. The Kier molecular flexibility index (Phi) is 3.33. The van der Waals surface area contributed by atoms with E-state index in [9.17, 15) is 4.79 Å². The predicted octanol–water partition coefficient (Wildman–Crippen LogP) is 1.53. The Morgan fingerprint density at radius 3 is 2.58 bits per heavy atom. The van der Waals surface area contributed by atoms with Crippen LogP contribution in [0.2, 0.25) is 0 Å². The summed E-state index contributed by atoms with van der Waals surface area (Å²) < 4.78 is 0. The standard InChI is InChI=1S/C10H12NO/c1-2-10(12)11-8-9-6-4-3-5-7-9/h3-7H,1-2,8H2,(H,11,12). The molecule has 2 nitrogen and oxygen atoms in total. The summed E-state index contributed by atoms with van der Waals surface area (Å²) in [6.45, 7) is 4.08. The molecule has 0 unspecified atom stereocenters. The highest BCUT2D eigenvalue weighted by atomic mass is 16.1. The van der Waals surface area contributed by atoms with Gasteiger partial charge >= 0.3 is 0 Å². The van der Waals surface area contributed by atoms with Gasteiger partial charge in [-0.15, -0.1) is 0 Å². The molecule has 0 aliphatic heterocycles. The third kappa shape index (κ3) is 2.74. The molecular weight excluding hydrogens is 150 g/mol. The summed E-state index contributed by atoms with van der Waals surface area (Å²) in [5, 5.41) is 2.75. The van der Waals surface area contributed by atoms with Gasteiger partial charge in [-0.2, -0.15) is 0 Å². The summed E-state index contributed by atoms with van der Waals surface area (Å²) in [4.78, 5) is 10.8. The van der Waals surface area contributed by atoms with Crippen LogP contribution in [0, 0.1) is 6.92 Å². The van der Waals surface area contributed by atoms with E-state index >= 15 is 0 Å². The Morgan fingerprint density at radius 1 is 1.33 bits per heavy atom. The molecule has 0 atom stereocenters. The maximum absolute atomic E-state index is 10.8. The van der Waals surface area contributed by atoms with Gasteiger partial charge in [0.05, 0.1) is 0 Å². The van der Waals surface area contributed by atoms with Crippen molar-refractivity contribution in [2.45, 2.75) is 13.0 Å². The molecule has 1 N–H and O–H groups in total. The number of hydrogen-bond acceptors (Lipinski definition) is 1. The van der Waals surface area contributed by atoms with Crippen LogP contribution in [0.1, 0.15) is 12.0 Å². The van der Waals surface area contributed by atoms with Crippen LogP contribution in [0.5, 0.6) is 0 Å². The number of amides is 1. The van der Waals surface area contributed by atoms with Gasteiger partial charge in [0.25, 0.3) is 0 Å². The van der Waals surface area contributed by atoms with Crippen LogP contribution in [-0.4, -0.2) is 5.91 Å². The molecule has 1 amide bonds. The summed E-state index contributed by atoms with van der Waals surface area (Å²) in [6.07, 6.45) is 0.298. The van der Waals surface area contributed by atoms with E-state index in [4.69, 9.17) is 0 Å². The molecule has 0 fully saturated rings. The largest absolute Gasteiger partial charge is 0.352 e. The monoisotopic (exact) mass is 162 g/mol. The first-order chi connectivity index (χ1) is 5.83. The minimum Gasteiger partial charge on any atom is -0.352 e. The minimum atomic E-state index is -0.0150. The van der Waals surface area contributed by atoms with Crippen LogP contribution in [0.3, 0.4) is 0 Å². The molecule has 2 heteroatoms. The lowest BCUT2D eigenvalue weighted by Gasteiger charge is -2.02. The van der Waals surface area contributed by atoms with Crippen molar-refractivity contribution in [1.29, 1.82) is 0 Å². The van der Waals surface area contributed by atoms with E-state index in [1.807, 2.05) is 30.3 Å². The zero-order valence-corrected chi connectivity index (χ0v) is 6.92. The number of carbonyl (C=O) groups excluding carboxylic acids is 1. The molecule has 63 valence electrons. The summed E-state index contributed by atoms with van der Waals surface area (Å²) in [6, 6.07) is 9.80. The van der Waals surface area contributed by atoms with E-state index in [-0.39, 0.29) is 5.91 Å². The molecule has 0 aliphatic carbocycles. The van der Waals surface area contributed by atoms with E-state index in [0.29, 0.717) is 13.0 Å². The Bertz CT molecular complexity index is 243. The van der Waals surface area contributed by atoms with Gasteiger partial charge in [0.2, 0.25) is 5.91 Å². The second kappa shape index (κ2) is 4.54. The molecule has 0 spiro atoms. The third-order valence-corrected chi connectivity index (χ3v) is 1.56. The normalized spacial score (nSPS) is 9.42. The number of nitrogens with one attached hydrogen (secondary N) is 1. The fourth-order valence-electron chi connectivity index (χ4n) is 0.885. The number of benzene rings is 1. The summed E-state index contributed by atoms with van der Waals surface area (Å²) in [5.74, 6) is -0.0150. The van der Waals surface area contributed by atoms with Crippen molar-refractivity contribution in [2.24, 2.45) is 0 Å². The third-order valence-electron chi connectivity index (χ3n) is 1.56. The minimum absolute atomic E-state index is 0.0150. The first-order valence-electron chi connectivity index (χ1n) is 3.93. The van der Waals surface area contributed by atoms with Crippen LogP contribution in [0.4, 0.5) is 0 Å². The lowest BCUT2D eigenvalue weighted by Crippen LogP contribution is -2.21. The van der Waals surface area contributed by atoms with Crippen LogP contribution in [0.15, 0.2) is 30.3 Å². The predicted molar refractivity (Wildman–Crippen MR) is 48.3 cm³/mol. The highest BCUT2D eigenvalue weighted by Gasteiger charge is 1.95. The lowest BCUT2D eigenvalue weighted by atomic mass is 10.2. The Labute approximate surface area is 72.6 Å². The molecular formula is C10H12NO. The highest BCUT2D eigenvalue weighted by molar-refractivity contribution is 5.76. The van der Waals surface area contributed by atoms with E-state index in [2.05, 4.69) is 12.2 Å². The van der Waals surface area contributed by atoms with Gasteiger partial charge in [0.15, 0.2) is 0 Å². The van der Waals surface area contributed by atoms with Crippen LogP contribution >= 0.6 is 0 Å². The number of hydrogen-bond donors (Lipinski definition) is 1. The molecule has 0 saturated carbocycles. The maximum Gasteiger partial charge on any atom is 0.220 e. The second-order valence-electron chi connectivity index (χ2n) is 2.51. The summed E-state index contributed by atoms with van der Waals surface area (Å²) in [5.41, 5.74) is 1.11. The van der Waals surface area contributed by atoms with Gasteiger partial charge in [-0.05, 0) is 12.5 Å². The molecule has 0 bridgehead atoms. The fourth-order valence-corrected chi connectivity index (χ4v) is 0.885. The molecule has 12 heavy (non-hydrogen) atoms. The van der Waals surface area contributed by atoms with Crippen molar-refractivity contribution < 1.29 is 4.79 Å². The van der Waals surface area contributed by atoms with Gasteiger partial charge in [0.1, 0.15) is 0 Å². The number of carbonyl (C=O) groups is 1. The van der Waals surface area contributed by atoms with Crippen LogP contribution in [0.25, 0.3) is 0 Å². The van der Waals surface area contributed by atoms with Crippen molar-refractivity contribution >= 4 is 5.91 Å². The summed E-state index contributed by atoms with van der Waals surface area (Å²) in [7, 11) is 0. The van der Waals surface area contributed by atoms with Gasteiger partial charge in [-0.1, -0.05) is 30.3 Å². The first kappa shape index (κ1) is 8.78. The number of rotatable bonds is 3. The Morgan fingerprint density at radius 2 is 2.00 bits per heavy atom. The second-order valence-corrected chi connectivity index (χ2v) is 2.51. The average Bonchev–Trinajstić information content (AvgIpc) is 2.16. The van der Waals surface area contributed by atoms with Gasteiger partial charge in [-0.25, -0.2) is 0 Å². The fraction of sp³-hybridized carbons (Fsp3) is 0.200. The molecule has 1 aromatic rings. The summed E-state index contributed by atoms with van der Waals surface area (Å²) >= 11 is 0. The van der Waals surface area contributed by atoms with Gasteiger partial charge < -0.3 is 5.32 Å². The van der Waals surface area contributed by atoms with Crippen LogP contribution in [-0.2, 0) is 11.3 Å². The Hall–Kier alpha value is -1.31. The van der Waals surface area contributed by atoms with Crippen molar-refractivity contribution in [2.75, 3.05) is 0 Å². The molecule has 1 radical (unpaired) electrons. The quantitative estimate of drug-likeness (QED) is 0.717. The van der Waals surface area contributed by atoms with Crippen molar-refractivity contribution in [3.63, 3.8) is 0 Å². The van der Waals surface area contributed by atoms with E-state index in [1.165, 1.54) is 0 Å².